The minimum Gasteiger partial charge on any atom is -0.454 e. The highest BCUT2D eigenvalue weighted by molar-refractivity contribution is 5.95. The van der Waals surface area contributed by atoms with Crippen molar-refractivity contribution in [3.05, 3.63) is 59.7 Å². The Morgan fingerprint density at radius 2 is 1.83 bits per heavy atom. The topological polar surface area (TPSA) is 48.0 Å². The van der Waals surface area contributed by atoms with Gasteiger partial charge in [-0.05, 0) is 30.7 Å². The van der Waals surface area contributed by atoms with Gasteiger partial charge in [-0.25, -0.2) is 0 Å². The first-order chi connectivity index (χ1) is 11.7. The number of carbonyl (C=O) groups is 1. The van der Waals surface area contributed by atoms with E-state index < -0.39 is 0 Å². The van der Waals surface area contributed by atoms with E-state index >= 15 is 0 Å². The monoisotopic (exact) mass is 325 g/mol. The van der Waals surface area contributed by atoms with Crippen LogP contribution in [0.25, 0.3) is 0 Å². The summed E-state index contributed by atoms with van der Waals surface area (Å²) in [5.74, 6) is 1.30. The molecule has 2 aromatic carbocycles. The molecule has 0 aliphatic carbocycles. The Hall–Kier alpha value is -2.53. The van der Waals surface area contributed by atoms with Gasteiger partial charge in [0.2, 0.25) is 6.79 Å². The molecule has 0 saturated carbocycles. The highest BCUT2D eigenvalue weighted by Gasteiger charge is 2.30. The normalized spacial score (nSPS) is 22.5. The Bertz CT molecular complexity index is 746. The molecule has 5 heteroatoms. The summed E-state index contributed by atoms with van der Waals surface area (Å²) < 4.78 is 16.7. The molecule has 2 aliphatic heterocycles. The molecule has 1 saturated heterocycles. The third kappa shape index (κ3) is 2.83. The number of morpholine rings is 1. The molecule has 2 atom stereocenters. The van der Waals surface area contributed by atoms with Gasteiger partial charge in [0.15, 0.2) is 11.5 Å². The molecule has 4 rings (SSSR count). The Balaban J connectivity index is 1.55. The predicted octanol–water partition coefficient (Wildman–Crippen LogP) is 3.02. The molecule has 1 fully saturated rings. The van der Waals surface area contributed by atoms with Crippen molar-refractivity contribution < 1.29 is 19.0 Å². The minimum absolute atomic E-state index is 0.00983. The maximum atomic E-state index is 12.9. The molecule has 0 spiro atoms. The zero-order valence-electron chi connectivity index (χ0n) is 13.5. The van der Waals surface area contributed by atoms with Crippen LogP contribution in [0.4, 0.5) is 0 Å². The van der Waals surface area contributed by atoms with Gasteiger partial charge in [0.05, 0.1) is 12.6 Å². The van der Waals surface area contributed by atoms with Crippen LogP contribution in [0.2, 0.25) is 0 Å². The van der Waals surface area contributed by atoms with Gasteiger partial charge in [-0.15, -0.1) is 0 Å². The summed E-state index contributed by atoms with van der Waals surface area (Å²) >= 11 is 0. The Morgan fingerprint density at radius 3 is 2.67 bits per heavy atom. The van der Waals surface area contributed by atoms with Crippen LogP contribution >= 0.6 is 0 Å². The fraction of sp³-hybridized carbons (Fsp3) is 0.316. The molecule has 1 amide bonds. The lowest BCUT2D eigenvalue weighted by atomic mass is 10.1. The van der Waals surface area contributed by atoms with Crippen molar-refractivity contribution in [3.63, 3.8) is 0 Å². The van der Waals surface area contributed by atoms with E-state index in [1.165, 1.54) is 0 Å². The lowest BCUT2D eigenvalue weighted by molar-refractivity contribution is -0.0691. The van der Waals surface area contributed by atoms with Crippen molar-refractivity contribution in [1.29, 1.82) is 0 Å². The average Bonchev–Trinajstić information content (AvgIpc) is 3.09. The number of hydrogen-bond acceptors (Lipinski definition) is 4. The van der Waals surface area contributed by atoms with Crippen LogP contribution in [0.5, 0.6) is 11.5 Å². The fourth-order valence-corrected chi connectivity index (χ4v) is 3.18. The summed E-state index contributed by atoms with van der Waals surface area (Å²) in [5.41, 5.74) is 1.70. The second-order valence-electron chi connectivity index (χ2n) is 6.12. The zero-order chi connectivity index (χ0) is 16.5. The molecular weight excluding hydrogens is 306 g/mol. The summed E-state index contributed by atoms with van der Waals surface area (Å²) in [7, 11) is 0. The lowest BCUT2D eigenvalue weighted by Crippen LogP contribution is -2.45. The highest BCUT2D eigenvalue weighted by atomic mass is 16.7. The summed E-state index contributed by atoms with van der Waals surface area (Å²) in [5, 5.41) is 0. The number of hydrogen-bond donors (Lipinski definition) is 0. The van der Waals surface area contributed by atoms with Crippen LogP contribution in [-0.2, 0) is 4.74 Å². The molecule has 0 N–H and O–H groups in total. The van der Waals surface area contributed by atoms with E-state index in [-0.39, 0.29) is 24.9 Å². The van der Waals surface area contributed by atoms with E-state index in [1.54, 1.807) is 18.2 Å². The molecular formula is C19H19NO4. The first kappa shape index (κ1) is 15.0. The summed E-state index contributed by atoms with van der Waals surface area (Å²) in [4.78, 5) is 14.7. The second kappa shape index (κ2) is 6.17. The first-order valence-electron chi connectivity index (χ1n) is 8.10. The van der Waals surface area contributed by atoms with Crippen molar-refractivity contribution in [3.8, 4) is 11.5 Å². The van der Waals surface area contributed by atoms with E-state index in [4.69, 9.17) is 14.2 Å². The molecule has 0 aromatic heterocycles. The van der Waals surface area contributed by atoms with E-state index in [1.807, 2.05) is 42.2 Å². The van der Waals surface area contributed by atoms with Crippen LogP contribution in [-0.4, -0.2) is 36.8 Å². The van der Waals surface area contributed by atoms with Gasteiger partial charge in [0.1, 0.15) is 6.10 Å². The molecule has 124 valence electrons. The van der Waals surface area contributed by atoms with Crippen molar-refractivity contribution in [2.75, 3.05) is 19.9 Å². The lowest BCUT2D eigenvalue weighted by Gasteiger charge is -2.37. The minimum atomic E-state index is -0.104. The molecule has 0 bridgehead atoms. The van der Waals surface area contributed by atoms with E-state index in [2.05, 4.69) is 0 Å². The number of amides is 1. The van der Waals surface area contributed by atoms with E-state index in [9.17, 15) is 4.79 Å². The molecule has 5 nitrogen and oxygen atoms in total. The molecule has 2 heterocycles. The van der Waals surface area contributed by atoms with Crippen LogP contribution in [0, 0.1) is 0 Å². The number of benzene rings is 2. The van der Waals surface area contributed by atoms with E-state index in [0.717, 1.165) is 5.56 Å². The number of carbonyl (C=O) groups excluding carboxylic acids is 1. The van der Waals surface area contributed by atoms with Crippen molar-refractivity contribution in [1.82, 2.24) is 4.90 Å². The highest BCUT2D eigenvalue weighted by Crippen LogP contribution is 2.33. The smallest absolute Gasteiger partial charge is 0.254 e. The van der Waals surface area contributed by atoms with Gasteiger partial charge in [0, 0.05) is 12.1 Å². The largest absolute Gasteiger partial charge is 0.454 e. The van der Waals surface area contributed by atoms with Gasteiger partial charge in [0.25, 0.3) is 5.91 Å². The van der Waals surface area contributed by atoms with Crippen molar-refractivity contribution in [2.45, 2.75) is 19.1 Å². The van der Waals surface area contributed by atoms with Gasteiger partial charge in [-0.2, -0.15) is 0 Å². The third-order valence-corrected chi connectivity index (χ3v) is 4.34. The van der Waals surface area contributed by atoms with E-state index in [0.29, 0.717) is 30.2 Å². The maximum absolute atomic E-state index is 12.9. The predicted molar refractivity (Wildman–Crippen MR) is 88.2 cm³/mol. The molecule has 0 radical (unpaired) electrons. The summed E-state index contributed by atoms with van der Waals surface area (Å²) in [6, 6.07) is 15.3. The van der Waals surface area contributed by atoms with Crippen LogP contribution < -0.4 is 9.47 Å². The van der Waals surface area contributed by atoms with Gasteiger partial charge in [-0.1, -0.05) is 30.3 Å². The maximum Gasteiger partial charge on any atom is 0.254 e. The molecule has 2 aliphatic rings. The van der Waals surface area contributed by atoms with Gasteiger partial charge in [-0.3, -0.25) is 4.79 Å². The van der Waals surface area contributed by atoms with Gasteiger partial charge < -0.3 is 19.1 Å². The van der Waals surface area contributed by atoms with Crippen LogP contribution in [0.3, 0.4) is 0 Å². The van der Waals surface area contributed by atoms with Crippen LogP contribution in [0.1, 0.15) is 28.9 Å². The number of rotatable bonds is 2. The number of nitrogens with zero attached hydrogens (tertiary/aromatic N) is 1. The third-order valence-electron chi connectivity index (χ3n) is 4.34. The Kier molecular flexibility index (Phi) is 3.86. The second-order valence-corrected chi connectivity index (χ2v) is 6.12. The Labute approximate surface area is 140 Å². The SMILES string of the molecule is CC1CN(C(=O)c2ccc3c(c2)OCO3)CC(c2ccccc2)O1. The van der Waals surface area contributed by atoms with Gasteiger partial charge >= 0.3 is 0 Å². The molecule has 2 unspecified atom stereocenters. The standard InChI is InChI=1S/C19H19NO4/c1-13-10-20(11-18(24-13)14-5-3-2-4-6-14)19(21)15-7-8-16-17(9-15)23-12-22-16/h2-9,13,18H,10-12H2,1H3. The zero-order valence-corrected chi connectivity index (χ0v) is 13.5. The Morgan fingerprint density at radius 1 is 1.04 bits per heavy atom. The molecule has 24 heavy (non-hydrogen) atoms. The number of fused-ring (bicyclic) bond motifs is 1. The average molecular weight is 325 g/mol. The van der Waals surface area contributed by atoms with Crippen molar-refractivity contribution >= 4 is 5.91 Å². The summed E-state index contributed by atoms with van der Waals surface area (Å²) in [6.07, 6.45) is -0.116. The first-order valence-corrected chi connectivity index (χ1v) is 8.10. The molecule has 2 aromatic rings. The quantitative estimate of drug-likeness (QED) is 0.851. The van der Waals surface area contributed by atoms with Crippen LogP contribution in [0.15, 0.2) is 48.5 Å². The summed E-state index contributed by atoms with van der Waals surface area (Å²) in [6.45, 7) is 3.32. The van der Waals surface area contributed by atoms with Crippen molar-refractivity contribution in [2.24, 2.45) is 0 Å². The fourth-order valence-electron chi connectivity index (χ4n) is 3.18. The number of ether oxygens (including phenoxy) is 3.